The molecule has 0 aliphatic rings. The third kappa shape index (κ3) is 3.33. The summed E-state index contributed by atoms with van der Waals surface area (Å²) < 4.78 is 4.18. The van der Waals surface area contributed by atoms with E-state index in [2.05, 4.69) is 14.7 Å². The molecule has 0 saturated heterocycles. The van der Waals surface area contributed by atoms with Gasteiger partial charge in [-0.3, -0.25) is 4.79 Å². The van der Waals surface area contributed by atoms with Crippen LogP contribution in [0.3, 0.4) is 0 Å². The number of nitrogen functional groups attached to an aromatic ring is 1. The topological polar surface area (TPSA) is 84.1 Å². The fourth-order valence-corrected chi connectivity index (χ4v) is 3.29. The molecule has 2 aromatic heterocycles. The van der Waals surface area contributed by atoms with Gasteiger partial charge >= 0.3 is 0 Å². The number of aryl methyl sites for hydroxylation is 1. The lowest BCUT2D eigenvalue weighted by Gasteiger charge is -2.20. The molecule has 0 aromatic carbocycles. The van der Waals surface area contributed by atoms with Crippen molar-refractivity contribution in [3.63, 3.8) is 0 Å². The molecule has 0 aliphatic heterocycles. The summed E-state index contributed by atoms with van der Waals surface area (Å²) in [7, 11) is 1.78. The second kappa shape index (κ2) is 6.40. The van der Waals surface area contributed by atoms with Crippen LogP contribution in [0.5, 0.6) is 0 Å². The van der Waals surface area contributed by atoms with Crippen LogP contribution in [-0.2, 0) is 4.79 Å². The van der Waals surface area contributed by atoms with E-state index < -0.39 is 0 Å². The average Bonchev–Trinajstić information content (AvgIpc) is 3.03. The normalized spacial score (nSPS) is 12.2. The number of nitrogens with two attached hydrogens (primary N) is 1. The minimum absolute atomic E-state index is 0.0323. The van der Waals surface area contributed by atoms with Crippen LogP contribution in [0.15, 0.2) is 5.38 Å². The van der Waals surface area contributed by atoms with E-state index in [0.717, 1.165) is 21.3 Å². The van der Waals surface area contributed by atoms with Crippen LogP contribution in [0.4, 0.5) is 10.8 Å². The molecule has 6 nitrogen and oxygen atoms in total. The average molecular weight is 325 g/mol. The van der Waals surface area contributed by atoms with Crippen LogP contribution in [-0.4, -0.2) is 39.8 Å². The van der Waals surface area contributed by atoms with Gasteiger partial charge < -0.3 is 16.0 Å². The van der Waals surface area contributed by atoms with Crippen LogP contribution >= 0.6 is 22.9 Å². The molecule has 0 saturated carbocycles. The van der Waals surface area contributed by atoms with Crippen molar-refractivity contribution >= 4 is 39.6 Å². The molecule has 3 N–H and O–H groups in total. The van der Waals surface area contributed by atoms with Gasteiger partial charge in [0.1, 0.15) is 16.9 Å². The second-order valence-corrected chi connectivity index (χ2v) is 6.58. The maximum atomic E-state index is 12.1. The Kier molecular flexibility index (Phi) is 4.79. The summed E-state index contributed by atoms with van der Waals surface area (Å²) in [5, 5.41) is 6.90. The quantitative estimate of drug-likeness (QED) is 0.882. The number of amides is 1. The molecule has 114 valence electrons. The van der Waals surface area contributed by atoms with Crippen molar-refractivity contribution in [3.05, 3.63) is 10.4 Å². The summed E-state index contributed by atoms with van der Waals surface area (Å²) in [5.74, 6) is 0.473. The molecule has 1 atom stereocenters. The molecular formula is C13H19N5OS2. The molecule has 8 heteroatoms. The third-order valence-electron chi connectivity index (χ3n) is 3.16. The monoisotopic (exact) mass is 325 g/mol. The molecule has 0 spiro atoms. The third-order valence-corrected chi connectivity index (χ3v) is 4.73. The number of thiazole rings is 1. The first-order chi connectivity index (χ1) is 9.93. The van der Waals surface area contributed by atoms with Gasteiger partial charge in [-0.05, 0) is 32.3 Å². The number of aromatic nitrogens is 2. The first kappa shape index (κ1) is 15.7. The number of anilines is 2. The maximum Gasteiger partial charge on any atom is 0.244 e. The minimum atomic E-state index is -0.340. The summed E-state index contributed by atoms with van der Waals surface area (Å²) in [5.41, 5.74) is 7.53. The molecule has 2 aromatic rings. The zero-order chi connectivity index (χ0) is 15.6. The molecule has 1 amide bonds. The van der Waals surface area contributed by atoms with E-state index in [4.69, 9.17) is 5.73 Å². The molecular weight excluding hydrogens is 306 g/mol. The Morgan fingerprint density at radius 3 is 2.86 bits per heavy atom. The highest BCUT2D eigenvalue weighted by molar-refractivity contribution is 7.11. The van der Waals surface area contributed by atoms with Crippen LogP contribution < -0.4 is 11.1 Å². The highest BCUT2D eigenvalue weighted by Gasteiger charge is 2.21. The van der Waals surface area contributed by atoms with Crippen molar-refractivity contribution in [1.82, 2.24) is 14.3 Å². The number of hydrogen-bond acceptors (Lipinski definition) is 7. The van der Waals surface area contributed by atoms with Crippen molar-refractivity contribution in [2.45, 2.75) is 26.8 Å². The van der Waals surface area contributed by atoms with Crippen molar-refractivity contribution in [1.29, 1.82) is 0 Å². The predicted molar refractivity (Wildman–Crippen MR) is 88.8 cm³/mol. The summed E-state index contributed by atoms with van der Waals surface area (Å²) in [4.78, 5) is 18.3. The summed E-state index contributed by atoms with van der Waals surface area (Å²) in [6.07, 6.45) is 0. The largest absolute Gasteiger partial charge is 0.382 e. The van der Waals surface area contributed by atoms with Gasteiger partial charge in [-0.25, -0.2) is 4.98 Å². The Morgan fingerprint density at radius 1 is 1.57 bits per heavy atom. The molecule has 2 heterocycles. The number of nitrogens with zero attached hydrogens (tertiary/aromatic N) is 3. The summed E-state index contributed by atoms with van der Waals surface area (Å²) in [6, 6.07) is -0.340. The van der Waals surface area contributed by atoms with E-state index >= 15 is 0 Å². The van der Waals surface area contributed by atoms with E-state index in [0.29, 0.717) is 12.4 Å². The zero-order valence-electron chi connectivity index (χ0n) is 12.5. The lowest BCUT2D eigenvalue weighted by molar-refractivity contribution is -0.130. The SMILES string of the molecule is CCN(C)C(=O)C(C)Nc1snc(N)c1-c1csc(C)n1. The van der Waals surface area contributed by atoms with Gasteiger partial charge in [0.15, 0.2) is 0 Å². The first-order valence-electron chi connectivity index (χ1n) is 6.63. The first-order valence-corrected chi connectivity index (χ1v) is 8.28. The lowest BCUT2D eigenvalue weighted by Crippen LogP contribution is -2.38. The molecule has 2 rings (SSSR count). The number of carbonyl (C=O) groups excluding carboxylic acids is 1. The van der Waals surface area contributed by atoms with Gasteiger partial charge in [-0.1, -0.05) is 0 Å². The predicted octanol–water partition coefficient (Wildman–Crippen LogP) is 2.44. The van der Waals surface area contributed by atoms with E-state index in [1.807, 2.05) is 26.2 Å². The Balaban J connectivity index is 2.24. The van der Waals surface area contributed by atoms with Gasteiger partial charge in [0.25, 0.3) is 0 Å². The van der Waals surface area contributed by atoms with Gasteiger partial charge in [-0.2, -0.15) is 4.37 Å². The van der Waals surface area contributed by atoms with Crippen LogP contribution in [0.2, 0.25) is 0 Å². The van der Waals surface area contributed by atoms with Gasteiger partial charge in [0.05, 0.1) is 16.3 Å². The zero-order valence-corrected chi connectivity index (χ0v) is 14.1. The van der Waals surface area contributed by atoms with Crippen LogP contribution in [0.25, 0.3) is 11.3 Å². The van der Waals surface area contributed by atoms with Crippen molar-refractivity contribution < 1.29 is 4.79 Å². The Bertz CT molecular complexity index is 636. The van der Waals surface area contributed by atoms with Gasteiger partial charge in [0.2, 0.25) is 5.91 Å². The Labute approximate surface area is 132 Å². The second-order valence-electron chi connectivity index (χ2n) is 4.74. The van der Waals surface area contributed by atoms with Crippen LogP contribution in [0, 0.1) is 6.92 Å². The molecule has 0 aliphatic carbocycles. The Hall–Kier alpha value is -1.67. The molecule has 0 bridgehead atoms. The van der Waals surface area contributed by atoms with E-state index in [1.165, 1.54) is 11.5 Å². The van der Waals surface area contributed by atoms with Gasteiger partial charge in [-0.15, -0.1) is 11.3 Å². The number of likely N-dealkylation sites (N-methyl/N-ethyl adjacent to an activating group) is 1. The highest BCUT2D eigenvalue weighted by atomic mass is 32.1. The fraction of sp³-hybridized carbons (Fsp3) is 0.462. The van der Waals surface area contributed by atoms with Crippen LogP contribution in [0.1, 0.15) is 18.9 Å². The summed E-state index contributed by atoms with van der Waals surface area (Å²) >= 11 is 2.81. The van der Waals surface area contributed by atoms with E-state index in [9.17, 15) is 4.79 Å². The highest BCUT2D eigenvalue weighted by Crippen LogP contribution is 2.37. The maximum absolute atomic E-state index is 12.1. The Morgan fingerprint density at radius 2 is 2.29 bits per heavy atom. The lowest BCUT2D eigenvalue weighted by atomic mass is 10.2. The van der Waals surface area contributed by atoms with E-state index in [-0.39, 0.29) is 11.9 Å². The number of nitrogens with one attached hydrogen (secondary N) is 1. The number of carbonyl (C=O) groups is 1. The van der Waals surface area contributed by atoms with Gasteiger partial charge in [0, 0.05) is 19.0 Å². The standard InChI is InChI=1S/C13H19N5OS2/c1-5-18(4)13(19)7(2)15-12-10(11(14)17-21-12)9-6-20-8(3)16-9/h6-7,15H,5H2,1-4H3,(H2,14,17). The van der Waals surface area contributed by atoms with Crippen molar-refractivity contribution in [2.24, 2.45) is 0 Å². The minimum Gasteiger partial charge on any atom is -0.382 e. The number of rotatable bonds is 5. The molecule has 1 unspecified atom stereocenters. The smallest absolute Gasteiger partial charge is 0.244 e. The molecule has 0 radical (unpaired) electrons. The van der Waals surface area contributed by atoms with E-state index in [1.54, 1.807) is 23.3 Å². The summed E-state index contributed by atoms with van der Waals surface area (Å²) in [6.45, 7) is 6.40. The molecule has 21 heavy (non-hydrogen) atoms. The fourth-order valence-electron chi connectivity index (χ4n) is 1.87. The number of hydrogen-bond donors (Lipinski definition) is 2. The van der Waals surface area contributed by atoms with Crippen molar-refractivity contribution in [3.8, 4) is 11.3 Å². The molecule has 0 fully saturated rings. The van der Waals surface area contributed by atoms with Crippen molar-refractivity contribution in [2.75, 3.05) is 24.6 Å².